The summed E-state index contributed by atoms with van der Waals surface area (Å²) >= 11 is 0. The van der Waals surface area contributed by atoms with Crippen LogP contribution in [0.2, 0.25) is 0 Å². The fourth-order valence-corrected chi connectivity index (χ4v) is 2.60. The predicted octanol–water partition coefficient (Wildman–Crippen LogP) is 5.09. The molecule has 3 nitrogen and oxygen atoms in total. The van der Waals surface area contributed by atoms with Crippen LogP contribution >= 0.6 is 0 Å². The van der Waals surface area contributed by atoms with Crippen molar-refractivity contribution in [2.75, 3.05) is 6.61 Å². The molecule has 0 bridgehead atoms. The summed E-state index contributed by atoms with van der Waals surface area (Å²) < 4.78 is 59.7. The van der Waals surface area contributed by atoms with Gasteiger partial charge in [0, 0.05) is 11.6 Å². The van der Waals surface area contributed by atoms with Gasteiger partial charge in [-0.2, -0.15) is 0 Å². The molecule has 0 atom stereocenters. The van der Waals surface area contributed by atoms with Crippen molar-refractivity contribution in [3.05, 3.63) is 41.1 Å². The van der Waals surface area contributed by atoms with E-state index in [2.05, 4.69) is 0 Å². The molecule has 0 aliphatic carbocycles. The Labute approximate surface area is 153 Å². The number of hydrogen-bond acceptors (Lipinski definition) is 3. The first-order chi connectivity index (χ1) is 11.9. The van der Waals surface area contributed by atoms with Gasteiger partial charge < -0.3 is 14.0 Å². The largest absolute Gasteiger partial charge is 0.525 e. The Balaban J connectivity index is 2.40. The summed E-state index contributed by atoms with van der Waals surface area (Å²) in [5.74, 6) is -1.56. The highest BCUT2D eigenvalue weighted by molar-refractivity contribution is 6.55. The van der Waals surface area contributed by atoms with E-state index in [9.17, 15) is 8.78 Å². The highest BCUT2D eigenvalue weighted by Gasteiger charge is 2.53. The van der Waals surface area contributed by atoms with Crippen LogP contribution in [0.3, 0.4) is 0 Å². The minimum atomic E-state index is -1.25. The molecule has 1 aliphatic heterocycles. The van der Waals surface area contributed by atoms with Crippen LogP contribution in [0.25, 0.3) is 5.57 Å². The van der Waals surface area contributed by atoms with Crippen molar-refractivity contribution in [3.8, 4) is 0 Å². The van der Waals surface area contributed by atoms with E-state index in [0.29, 0.717) is 0 Å². The highest BCUT2D eigenvalue weighted by Crippen LogP contribution is 2.41. The summed E-state index contributed by atoms with van der Waals surface area (Å²) in [7, 11) is -1.25. The summed E-state index contributed by atoms with van der Waals surface area (Å²) in [4.78, 5) is 0. The smallest absolute Gasteiger partial charge is 0.398 e. The molecule has 0 spiro atoms. The van der Waals surface area contributed by atoms with Gasteiger partial charge in [0.25, 0.3) is 0 Å². The molecule has 144 valence electrons. The molecule has 26 heavy (non-hydrogen) atoms. The van der Waals surface area contributed by atoms with Crippen molar-refractivity contribution in [1.29, 1.82) is 0 Å². The van der Waals surface area contributed by atoms with Crippen molar-refractivity contribution in [2.24, 2.45) is 0 Å². The number of hydrogen-bond donors (Lipinski definition) is 0. The third-order valence-corrected chi connectivity index (χ3v) is 4.81. The minimum Gasteiger partial charge on any atom is -0.398 e. The molecule has 2 rings (SSSR count). The van der Waals surface area contributed by atoms with E-state index in [-0.39, 0.29) is 30.3 Å². The molecule has 0 saturated carbocycles. The molecule has 0 aromatic heterocycles. The zero-order valence-corrected chi connectivity index (χ0v) is 16.2. The molecular formula is C19H26BF3O3. The van der Waals surface area contributed by atoms with Gasteiger partial charge in [-0.25, -0.2) is 13.2 Å². The van der Waals surface area contributed by atoms with Gasteiger partial charge in [-0.05, 0) is 65.7 Å². The Kier molecular flexibility index (Phi) is 6.26. The predicted molar refractivity (Wildman–Crippen MR) is 96.2 cm³/mol. The van der Waals surface area contributed by atoms with E-state index in [1.165, 1.54) is 6.07 Å². The Morgan fingerprint density at radius 3 is 2.19 bits per heavy atom. The van der Waals surface area contributed by atoms with Crippen LogP contribution in [-0.4, -0.2) is 31.0 Å². The second kappa shape index (κ2) is 7.75. The van der Waals surface area contributed by atoms with Gasteiger partial charge in [0.1, 0.15) is 17.4 Å². The van der Waals surface area contributed by atoms with Gasteiger partial charge in [-0.3, -0.25) is 0 Å². The van der Waals surface area contributed by atoms with Crippen molar-refractivity contribution >= 4 is 12.7 Å². The SMILES string of the molecule is CC(C)OCCC(=C(F)B1OC(C)(C)C(C)(C)O1)c1ccc(F)cc1F. The fraction of sp³-hybridized carbons (Fsp3) is 0.579. The average Bonchev–Trinajstić information content (AvgIpc) is 2.72. The van der Waals surface area contributed by atoms with E-state index in [1.807, 2.05) is 13.8 Å². The van der Waals surface area contributed by atoms with Crippen molar-refractivity contribution in [3.63, 3.8) is 0 Å². The van der Waals surface area contributed by atoms with Gasteiger partial charge in [0.05, 0.1) is 23.9 Å². The maximum Gasteiger partial charge on any atom is 0.525 e. The van der Waals surface area contributed by atoms with Crippen LogP contribution in [0.1, 0.15) is 53.5 Å². The molecule has 0 amide bonds. The van der Waals surface area contributed by atoms with Crippen LogP contribution in [-0.2, 0) is 14.0 Å². The lowest BCUT2D eigenvalue weighted by Gasteiger charge is -2.32. The molecule has 7 heteroatoms. The van der Waals surface area contributed by atoms with Crippen molar-refractivity contribution in [2.45, 2.75) is 65.3 Å². The minimum absolute atomic E-state index is 0.0223. The molecule has 1 heterocycles. The molecule has 1 aromatic carbocycles. The van der Waals surface area contributed by atoms with E-state index >= 15 is 4.39 Å². The average molecular weight is 370 g/mol. The molecule has 1 aromatic rings. The molecule has 0 radical (unpaired) electrons. The Hall–Kier alpha value is -1.31. The summed E-state index contributed by atoms with van der Waals surface area (Å²) in [5, 5.41) is 0. The zero-order valence-electron chi connectivity index (χ0n) is 16.2. The van der Waals surface area contributed by atoms with Crippen molar-refractivity contribution < 1.29 is 27.2 Å². The Bertz CT molecular complexity index is 671. The standard InChI is InChI=1S/C19H26BF3O3/c1-12(2)24-10-9-15(14-8-7-13(21)11-16(14)22)17(23)20-25-18(3,4)19(5,6)26-20/h7-8,11-12H,9-10H2,1-6H3. The number of ether oxygens (including phenoxy) is 1. The first kappa shape index (κ1) is 21.0. The molecule has 1 fully saturated rings. The van der Waals surface area contributed by atoms with Crippen molar-refractivity contribution in [1.82, 2.24) is 0 Å². The first-order valence-corrected chi connectivity index (χ1v) is 8.76. The molecular weight excluding hydrogens is 344 g/mol. The second-order valence-electron chi connectivity index (χ2n) is 7.71. The van der Waals surface area contributed by atoms with Gasteiger partial charge in [0.2, 0.25) is 0 Å². The van der Waals surface area contributed by atoms with E-state index in [0.717, 1.165) is 12.1 Å². The number of benzene rings is 1. The lowest BCUT2D eigenvalue weighted by molar-refractivity contribution is 0.00578. The molecule has 1 aliphatic rings. The van der Waals surface area contributed by atoms with Crippen LogP contribution in [0, 0.1) is 11.6 Å². The maximum atomic E-state index is 15.3. The molecule has 0 unspecified atom stereocenters. The summed E-state index contributed by atoms with van der Waals surface area (Å²) in [6, 6.07) is 3.05. The van der Waals surface area contributed by atoms with Gasteiger partial charge in [-0.15, -0.1) is 0 Å². The Morgan fingerprint density at radius 1 is 1.12 bits per heavy atom. The van der Waals surface area contributed by atoms with Crippen LogP contribution < -0.4 is 0 Å². The lowest BCUT2D eigenvalue weighted by Crippen LogP contribution is -2.41. The third-order valence-electron chi connectivity index (χ3n) is 4.81. The van der Waals surface area contributed by atoms with Crippen LogP contribution in [0.15, 0.2) is 23.9 Å². The summed E-state index contributed by atoms with van der Waals surface area (Å²) in [5.41, 5.74) is -2.14. The monoisotopic (exact) mass is 370 g/mol. The van der Waals surface area contributed by atoms with Gasteiger partial charge >= 0.3 is 7.12 Å². The number of halogens is 3. The molecule has 1 saturated heterocycles. The van der Waals surface area contributed by atoms with E-state index in [4.69, 9.17) is 14.0 Å². The Morgan fingerprint density at radius 2 is 1.69 bits per heavy atom. The van der Waals surface area contributed by atoms with Gasteiger partial charge in [0.15, 0.2) is 0 Å². The molecule has 0 N–H and O–H groups in total. The lowest BCUT2D eigenvalue weighted by atomic mass is 9.81. The summed E-state index contributed by atoms with van der Waals surface area (Å²) in [6.07, 6.45) is 0.0608. The van der Waals surface area contributed by atoms with E-state index < -0.39 is 35.7 Å². The third kappa shape index (κ3) is 4.50. The van der Waals surface area contributed by atoms with Gasteiger partial charge in [-0.1, -0.05) is 0 Å². The topological polar surface area (TPSA) is 27.7 Å². The fourth-order valence-electron chi connectivity index (χ4n) is 2.60. The first-order valence-electron chi connectivity index (χ1n) is 8.76. The second-order valence-corrected chi connectivity index (χ2v) is 7.71. The number of rotatable bonds is 6. The highest BCUT2D eigenvalue weighted by atomic mass is 19.1. The quantitative estimate of drug-likeness (QED) is 0.653. The van der Waals surface area contributed by atoms with E-state index in [1.54, 1.807) is 27.7 Å². The zero-order chi connectivity index (χ0) is 19.7. The normalized spacial score (nSPS) is 19.8. The maximum absolute atomic E-state index is 15.3. The van der Waals surface area contributed by atoms with Crippen LogP contribution in [0.5, 0.6) is 0 Å². The van der Waals surface area contributed by atoms with Crippen LogP contribution in [0.4, 0.5) is 13.2 Å². The summed E-state index contributed by atoms with van der Waals surface area (Å²) in [6.45, 7) is 11.1.